The quantitative estimate of drug-likeness (QED) is 0.932. The Bertz CT molecular complexity index is 607. The Balaban J connectivity index is 2.07. The van der Waals surface area contributed by atoms with E-state index in [1.54, 1.807) is 0 Å². The van der Waals surface area contributed by atoms with E-state index >= 15 is 0 Å². The summed E-state index contributed by atoms with van der Waals surface area (Å²) >= 11 is 0. The van der Waals surface area contributed by atoms with E-state index in [0.717, 1.165) is 44.1 Å². The second-order valence-electron chi connectivity index (χ2n) is 5.82. The van der Waals surface area contributed by atoms with Gasteiger partial charge in [0.25, 0.3) is 0 Å². The third kappa shape index (κ3) is 2.76. The predicted molar refractivity (Wildman–Crippen MR) is 84.8 cm³/mol. The third-order valence-corrected chi connectivity index (χ3v) is 4.09. The maximum atomic E-state index is 6.06. The lowest BCUT2D eigenvalue weighted by atomic mass is 10.1. The van der Waals surface area contributed by atoms with Gasteiger partial charge in [0.05, 0.1) is 24.9 Å². The number of pyridine rings is 1. The summed E-state index contributed by atoms with van der Waals surface area (Å²) in [5.74, 6) is 1.08. The third-order valence-electron chi connectivity index (χ3n) is 4.09. The SMILES string of the molecule is CCC1COCCN1c1nc2ccccn2c1CC(C)N. The van der Waals surface area contributed by atoms with Gasteiger partial charge in [-0.2, -0.15) is 0 Å². The number of imidazole rings is 1. The van der Waals surface area contributed by atoms with Crippen molar-refractivity contribution in [3.63, 3.8) is 0 Å². The molecule has 1 fully saturated rings. The summed E-state index contributed by atoms with van der Waals surface area (Å²) in [7, 11) is 0. The van der Waals surface area contributed by atoms with Crippen LogP contribution in [0.3, 0.4) is 0 Å². The molecular weight excluding hydrogens is 264 g/mol. The topological polar surface area (TPSA) is 55.8 Å². The van der Waals surface area contributed by atoms with Crippen molar-refractivity contribution >= 4 is 11.5 Å². The number of hydrogen-bond donors (Lipinski definition) is 1. The highest BCUT2D eigenvalue weighted by Crippen LogP contribution is 2.27. The monoisotopic (exact) mass is 288 g/mol. The van der Waals surface area contributed by atoms with E-state index in [0.29, 0.717) is 6.04 Å². The number of nitrogens with zero attached hydrogens (tertiary/aromatic N) is 3. The van der Waals surface area contributed by atoms with E-state index in [-0.39, 0.29) is 6.04 Å². The molecule has 0 amide bonds. The van der Waals surface area contributed by atoms with Gasteiger partial charge in [-0.25, -0.2) is 4.98 Å². The molecule has 2 unspecified atom stereocenters. The standard InChI is InChI=1S/C16H24N4O/c1-3-13-11-21-9-8-19(13)16-14(10-12(2)17)20-7-5-4-6-15(20)18-16/h4-7,12-13H,3,8-11,17H2,1-2H3. The summed E-state index contributed by atoms with van der Waals surface area (Å²) in [5.41, 5.74) is 8.26. The summed E-state index contributed by atoms with van der Waals surface area (Å²) < 4.78 is 7.79. The first-order chi connectivity index (χ1) is 10.2. The zero-order chi connectivity index (χ0) is 14.8. The van der Waals surface area contributed by atoms with Crippen LogP contribution in [0.1, 0.15) is 26.0 Å². The Kier molecular flexibility index (Phi) is 4.12. The lowest BCUT2D eigenvalue weighted by Gasteiger charge is -2.36. The predicted octanol–water partition coefficient (Wildman–Crippen LogP) is 1.84. The van der Waals surface area contributed by atoms with Gasteiger partial charge in [0.2, 0.25) is 0 Å². The van der Waals surface area contributed by atoms with Crippen molar-refractivity contribution in [3.8, 4) is 0 Å². The van der Waals surface area contributed by atoms with E-state index in [2.05, 4.69) is 28.5 Å². The number of anilines is 1. The highest BCUT2D eigenvalue weighted by molar-refractivity contribution is 5.57. The number of morpholine rings is 1. The van der Waals surface area contributed by atoms with Crippen LogP contribution in [0.15, 0.2) is 24.4 Å². The number of rotatable bonds is 4. The summed E-state index contributed by atoms with van der Waals surface area (Å²) in [6, 6.07) is 6.63. The highest BCUT2D eigenvalue weighted by atomic mass is 16.5. The maximum absolute atomic E-state index is 6.06. The molecule has 0 spiro atoms. The van der Waals surface area contributed by atoms with E-state index < -0.39 is 0 Å². The Hall–Kier alpha value is -1.59. The molecule has 0 bridgehead atoms. The van der Waals surface area contributed by atoms with Gasteiger partial charge < -0.3 is 19.8 Å². The van der Waals surface area contributed by atoms with E-state index in [9.17, 15) is 0 Å². The molecule has 1 saturated heterocycles. The molecule has 2 aromatic heterocycles. The van der Waals surface area contributed by atoms with Crippen molar-refractivity contribution in [2.45, 2.75) is 38.8 Å². The van der Waals surface area contributed by atoms with Crippen LogP contribution in [0, 0.1) is 0 Å². The number of fused-ring (bicyclic) bond motifs is 1. The molecule has 2 N–H and O–H groups in total. The first-order valence-corrected chi connectivity index (χ1v) is 7.76. The summed E-state index contributed by atoms with van der Waals surface area (Å²) in [6.07, 6.45) is 3.96. The van der Waals surface area contributed by atoms with Crippen molar-refractivity contribution in [3.05, 3.63) is 30.1 Å². The van der Waals surface area contributed by atoms with Crippen molar-refractivity contribution < 1.29 is 4.74 Å². The second kappa shape index (κ2) is 6.03. The number of hydrogen-bond acceptors (Lipinski definition) is 4. The van der Waals surface area contributed by atoms with Crippen LogP contribution in [0.5, 0.6) is 0 Å². The largest absolute Gasteiger partial charge is 0.377 e. The van der Waals surface area contributed by atoms with E-state index in [1.165, 1.54) is 5.69 Å². The first kappa shape index (κ1) is 14.4. The lowest BCUT2D eigenvalue weighted by molar-refractivity contribution is 0.0925. The smallest absolute Gasteiger partial charge is 0.151 e. The number of aromatic nitrogens is 2. The number of ether oxygens (including phenoxy) is 1. The number of nitrogens with two attached hydrogens (primary N) is 1. The molecule has 0 saturated carbocycles. The fourth-order valence-corrected chi connectivity index (χ4v) is 3.03. The van der Waals surface area contributed by atoms with Crippen molar-refractivity contribution in [2.24, 2.45) is 5.73 Å². The van der Waals surface area contributed by atoms with Crippen molar-refractivity contribution in [1.29, 1.82) is 0 Å². The zero-order valence-corrected chi connectivity index (χ0v) is 12.8. The Morgan fingerprint density at radius 2 is 2.33 bits per heavy atom. The first-order valence-electron chi connectivity index (χ1n) is 7.76. The van der Waals surface area contributed by atoms with E-state index in [1.807, 2.05) is 19.1 Å². The fraction of sp³-hybridized carbons (Fsp3) is 0.562. The summed E-state index contributed by atoms with van der Waals surface area (Å²) in [4.78, 5) is 7.26. The van der Waals surface area contributed by atoms with Gasteiger partial charge >= 0.3 is 0 Å². The minimum atomic E-state index is 0.116. The van der Waals surface area contributed by atoms with E-state index in [4.69, 9.17) is 15.5 Å². The molecule has 3 heterocycles. The van der Waals surface area contributed by atoms with Crippen LogP contribution in [-0.2, 0) is 11.2 Å². The van der Waals surface area contributed by atoms with Gasteiger partial charge in [-0.05, 0) is 25.5 Å². The normalized spacial score (nSPS) is 20.9. The van der Waals surface area contributed by atoms with Gasteiger partial charge in [0.1, 0.15) is 5.65 Å². The lowest BCUT2D eigenvalue weighted by Crippen LogP contribution is -2.46. The van der Waals surface area contributed by atoms with Crippen LogP contribution in [0.4, 0.5) is 5.82 Å². The zero-order valence-electron chi connectivity index (χ0n) is 12.8. The molecule has 1 aliphatic rings. The maximum Gasteiger partial charge on any atom is 0.151 e. The molecule has 5 nitrogen and oxygen atoms in total. The molecule has 5 heteroatoms. The van der Waals surface area contributed by atoms with Crippen molar-refractivity contribution in [1.82, 2.24) is 9.38 Å². The van der Waals surface area contributed by atoms with Gasteiger partial charge in [-0.15, -0.1) is 0 Å². The molecule has 2 aromatic rings. The summed E-state index contributed by atoms with van der Waals surface area (Å²) in [5, 5.41) is 0. The van der Waals surface area contributed by atoms with Crippen LogP contribution < -0.4 is 10.6 Å². The van der Waals surface area contributed by atoms with Gasteiger partial charge in [-0.1, -0.05) is 13.0 Å². The van der Waals surface area contributed by atoms with Crippen LogP contribution in [0.2, 0.25) is 0 Å². The highest BCUT2D eigenvalue weighted by Gasteiger charge is 2.27. The van der Waals surface area contributed by atoms with Crippen LogP contribution in [0.25, 0.3) is 5.65 Å². The molecule has 0 aliphatic carbocycles. The molecule has 0 aromatic carbocycles. The Morgan fingerprint density at radius 1 is 1.48 bits per heavy atom. The minimum absolute atomic E-state index is 0.116. The molecule has 21 heavy (non-hydrogen) atoms. The van der Waals surface area contributed by atoms with Gasteiger partial charge in [-0.3, -0.25) is 0 Å². The molecule has 1 aliphatic heterocycles. The Labute approximate surface area is 125 Å². The van der Waals surface area contributed by atoms with Crippen LogP contribution in [-0.4, -0.2) is 41.2 Å². The Morgan fingerprint density at radius 3 is 3.10 bits per heavy atom. The average molecular weight is 288 g/mol. The fourth-order valence-electron chi connectivity index (χ4n) is 3.03. The van der Waals surface area contributed by atoms with Crippen molar-refractivity contribution in [2.75, 3.05) is 24.7 Å². The minimum Gasteiger partial charge on any atom is -0.377 e. The van der Waals surface area contributed by atoms with Gasteiger partial charge in [0, 0.05) is 25.2 Å². The summed E-state index contributed by atoms with van der Waals surface area (Å²) in [6.45, 7) is 6.69. The molecular formula is C16H24N4O. The van der Waals surface area contributed by atoms with Crippen LogP contribution >= 0.6 is 0 Å². The average Bonchev–Trinajstić information content (AvgIpc) is 2.85. The second-order valence-corrected chi connectivity index (χ2v) is 5.82. The molecule has 114 valence electrons. The molecule has 3 rings (SSSR count). The van der Waals surface area contributed by atoms with Gasteiger partial charge in [0.15, 0.2) is 5.82 Å². The molecule has 2 atom stereocenters. The molecule has 0 radical (unpaired) electrons.